The number of nitrogens with one attached hydrogen (secondary N) is 2. The molecule has 96 valence electrons. The van der Waals surface area contributed by atoms with E-state index in [1.165, 1.54) is 14.2 Å². The molecule has 1 fully saturated rings. The van der Waals surface area contributed by atoms with Crippen molar-refractivity contribution < 1.29 is 19.1 Å². The summed E-state index contributed by atoms with van der Waals surface area (Å²) in [5, 5.41) is 5.79. The van der Waals surface area contributed by atoms with Gasteiger partial charge in [-0.2, -0.15) is 0 Å². The minimum Gasteiger partial charge on any atom is -0.468 e. The number of carbonyl (C=O) groups excluding carboxylic acids is 2. The molecular formula is C8H16Cl2N2O4. The van der Waals surface area contributed by atoms with Gasteiger partial charge in [-0.3, -0.25) is 9.59 Å². The maximum Gasteiger partial charge on any atom is 0.324 e. The molecule has 1 saturated heterocycles. The van der Waals surface area contributed by atoms with Crippen LogP contribution in [0.2, 0.25) is 0 Å². The summed E-state index contributed by atoms with van der Waals surface area (Å²) in [7, 11) is 2.66. The van der Waals surface area contributed by atoms with Crippen LogP contribution in [0.15, 0.2) is 0 Å². The van der Waals surface area contributed by atoms with Crippen LogP contribution in [0, 0.1) is 0 Å². The minimum absolute atomic E-state index is 0. The molecule has 0 aromatic rings. The number of esters is 2. The van der Waals surface area contributed by atoms with Crippen LogP contribution in [-0.4, -0.2) is 51.3 Å². The summed E-state index contributed by atoms with van der Waals surface area (Å²) in [6.45, 7) is 0.735. The zero-order valence-corrected chi connectivity index (χ0v) is 10.7. The monoisotopic (exact) mass is 274 g/mol. The fraction of sp³-hybridized carbons (Fsp3) is 0.750. The van der Waals surface area contributed by atoms with Gasteiger partial charge in [0.25, 0.3) is 0 Å². The van der Waals surface area contributed by atoms with Gasteiger partial charge in [-0.25, -0.2) is 0 Å². The van der Waals surface area contributed by atoms with Crippen molar-refractivity contribution in [2.45, 2.75) is 12.1 Å². The second-order valence-corrected chi connectivity index (χ2v) is 2.97. The summed E-state index contributed by atoms with van der Waals surface area (Å²) in [6.07, 6.45) is 0. The van der Waals surface area contributed by atoms with Gasteiger partial charge in [-0.05, 0) is 0 Å². The first-order valence-electron chi connectivity index (χ1n) is 4.31. The molecule has 0 aromatic carbocycles. The lowest BCUT2D eigenvalue weighted by Crippen LogP contribution is -2.60. The van der Waals surface area contributed by atoms with E-state index in [4.69, 9.17) is 0 Å². The van der Waals surface area contributed by atoms with Crippen LogP contribution in [0.4, 0.5) is 0 Å². The number of hydrogen-bond acceptors (Lipinski definition) is 6. The van der Waals surface area contributed by atoms with Gasteiger partial charge < -0.3 is 20.1 Å². The van der Waals surface area contributed by atoms with E-state index in [2.05, 4.69) is 20.1 Å². The van der Waals surface area contributed by atoms with Gasteiger partial charge in [-0.15, -0.1) is 24.8 Å². The summed E-state index contributed by atoms with van der Waals surface area (Å²) in [6, 6.07) is -0.776. The first-order chi connectivity index (χ1) is 6.69. The van der Waals surface area contributed by atoms with Crippen molar-refractivity contribution in [1.29, 1.82) is 0 Å². The molecule has 0 aromatic heterocycles. The topological polar surface area (TPSA) is 76.7 Å². The lowest BCUT2D eigenvalue weighted by molar-refractivity contribution is -0.147. The second-order valence-electron chi connectivity index (χ2n) is 2.97. The predicted molar refractivity (Wildman–Crippen MR) is 62.1 cm³/mol. The maximum absolute atomic E-state index is 11.1. The highest BCUT2D eigenvalue weighted by atomic mass is 35.5. The summed E-state index contributed by atoms with van der Waals surface area (Å²) in [5.41, 5.74) is 0. The molecule has 0 saturated carbocycles. The molecule has 6 nitrogen and oxygen atoms in total. The first kappa shape index (κ1) is 17.8. The summed E-state index contributed by atoms with van der Waals surface area (Å²) < 4.78 is 9.11. The Bertz CT molecular complexity index is 208. The zero-order valence-electron chi connectivity index (χ0n) is 9.02. The Hall–Kier alpha value is -0.560. The standard InChI is InChI=1S/C8H14N2O4.2ClH/c1-13-7(11)5-3-10-6(4-9-5)8(12)14-2;;/h5-6,9-10H,3-4H2,1-2H3;2*1H. The fourth-order valence-electron chi connectivity index (χ4n) is 1.28. The smallest absolute Gasteiger partial charge is 0.324 e. The largest absolute Gasteiger partial charge is 0.468 e. The number of rotatable bonds is 2. The van der Waals surface area contributed by atoms with E-state index in [1.807, 2.05) is 0 Å². The van der Waals surface area contributed by atoms with Crippen molar-refractivity contribution in [3.8, 4) is 0 Å². The number of ether oxygens (including phenoxy) is 2. The molecule has 1 aliphatic rings. The quantitative estimate of drug-likeness (QED) is 0.636. The third-order valence-electron chi connectivity index (χ3n) is 2.11. The number of piperazine rings is 1. The zero-order chi connectivity index (χ0) is 10.6. The van der Waals surface area contributed by atoms with E-state index in [-0.39, 0.29) is 48.8 Å². The Balaban J connectivity index is 0. The average Bonchev–Trinajstić information content (AvgIpc) is 2.27. The maximum atomic E-state index is 11.1. The number of methoxy groups -OCH3 is 2. The molecule has 8 heteroatoms. The van der Waals surface area contributed by atoms with Gasteiger partial charge in [0.15, 0.2) is 0 Å². The average molecular weight is 275 g/mol. The van der Waals surface area contributed by atoms with Gasteiger partial charge >= 0.3 is 11.9 Å². The Morgan fingerprint density at radius 2 is 1.25 bits per heavy atom. The van der Waals surface area contributed by atoms with Crippen LogP contribution >= 0.6 is 24.8 Å². The van der Waals surface area contributed by atoms with Crippen LogP contribution in [0.1, 0.15) is 0 Å². The molecule has 1 heterocycles. The lowest BCUT2D eigenvalue weighted by atomic mass is 10.1. The van der Waals surface area contributed by atoms with Crippen LogP contribution < -0.4 is 10.6 Å². The van der Waals surface area contributed by atoms with Crippen molar-refractivity contribution in [2.24, 2.45) is 0 Å². The van der Waals surface area contributed by atoms with E-state index >= 15 is 0 Å². The molecule has 2 N–H and O–H groups in total. The van der Waals surface area contributed by atoms with Crippen molar-refractivity contribution in [1.82, 2.24) is 10.6 Å². The molecule has 1 aliphatic heterocycles. The highest BCUT2D eigenvalue weighted by Gasteiger charge is 2.29. The van der Waals surface area contributed by atoms with Gasteiger partial charge in [-0.1, -0.05) is 0 Å². The number of hydrogen-bond donors (Lipinski definition) is 2. The van der Waals surface area contributed by atoms with E-state index < -0.39 is 0 Å². The van der Waals surface area contributed by atoms with E-state index in [1.54, 1.807) is 0 Å². The summed E-state index contributed by atoms with van der Waals surface area (Å²) in [4.78, 5) is 22.1. The molecule has 0 bridgehead atoms. The van der Waals surface area contributed by atoms with Gasteiger partial charge in [0.2, 0.25) is 0 Å². The molecule has 0 aliphatic carbocycles. The number of halogens is 2. The van der Waals surface area contributed by atoms with Crippen molar-refractivity contribution in [3.63, 3.8) is 0 Å². The van der Waals surface area contributed by atoms with Gasteiger partial charge in [0.1, 0.15) is 12.1 Å². The molecule has 0 radical (unpaired) electrons. The summed E-state index contributed by atoms with van der Waals surface area (Å²) in [5.74, 6) is -0.665. The number of carbonyl (C=O) groups is 2. The van der Waals surface area contributed by atoms with Gasteiger partial charge in [0.05, 0.1) is 14.2 Å². The van der Waals surface area contributed by atoms with Gasteiger partial charge in [0, 0.05) is 13.1 Å². The molecular weight excluding hydrogens is 259 g/mol. The van der Waals surface area contributed by atoms with Crippen LogP contribution in [0.3, 0.4) is 0 Å². The molecule has 0 amide bonds. The van der Waals surface area contributed by atoms with Crippen molar-refractivity contribution in [2.75, 3.05) is 27.3 Å². The molecule has 2 atom stereocenters. The summed E-state index contributed by atoms with van der Waals surface area (Å²) >= 11 is 0. The van der Waals surface area contributed by atoms with Crippen LogP contribution in [-0.2, 0) is 19.1 Å². The highest BCUT2D eigenvalue weighted by molar-refractivity contribution is 5.85. The predicted octanol–water partition coefficient (Wildman–Crippen LogP) is -0.894. The minimum atomic E-state index is -0.388. The third kappa shape index (κ3) is 4.52. The van der Waals surface area contributed by atoms with Crippen LogP contribution in [0.25, 0.3) is 0 Å². The van der Waals surface area contributed by atoms with E-state index in [0.717, 1.165) is 0 Å². The highest BCUT2D eigenvalue weighted by Crippen LogP contribution is 1.97. The second kappa shape index (κ2) is 8.58. The normalized spacial score (nSPS) is 23.4. The Morgan fingerprint density at radius 1 is 0.938 bits per heavy atom. The van der Waals surface area contributed by atoms with Crippen LogP contribution in [0.5, 0.6) is 0 Å². The Morgan fingerprint density at radius 3 is 1.44 bits per heavy atom. The Kier molecular flexibility index (Phi) is 9.55. The van der Waals surface area contributed by atoms with E-state index in [9.17, 15) is 9.59 Å². The Labute approximate surface area is 106 Å². The van der Waals surface area contributed by atoms with Crippen molar-refractivity contribution in [3.05, 3.63) is 0 Å². The SMILES string of the molecule is COC(=O)C1CNC(C(=O)OC)CN1.Cl.Cl. The fourth-order valence-corrected chi connectivity index (χ4v) is 1.28. The molecule has 0 spiro atoms. The molecule has 2 unspecified atom stereocenters. The van der Waals surface area contributed by atoms with Crippen molar-refractivity contribution >= 4 is 36.8 Å². The third-order valence-corrected chi connectivity index (χ3v) is 2.11. The molecule has 1 rings (SSSR count). The first-order valence-corrected chi connectivity index (χ1v) is 4.31. The van der Waals surface area contributed by atoms with E-state index in [0.29, 0.717) is 13.1 Å². The molecule has 16 heavy (non-hydrogen) atoms. The lowest BCUT2D eigenvalue weighted by Gasteiger charge is -2.27.